The van der Waals surface area contributed by atoms with Crippen molar-refractivity contribution in [2.45, 2.75) is 58.5 Å². The van der Waals surface area contributed by atoms with Gasteiger partial charge in [0.2, 0.25) is 0 Å². The molecule has 5 rings (SSSR count). The van der Waals surface area contributed by atoms with Crippen LogP contribution in [0.1, 0.15) is 70.9 Å². The van der Waals surface area contributed by atoms with Crippen molar-refractivity contribution in [3.63, 3.8) is 0 Å². The van der Waals surface area contributed by atoms with Gasteiger partial charge in [-0.1, -0.05) is 18.9 Å². The first-order chi connectivity index (χ1) is 16.0. The summed E-state index contributed by atoms with van der Waals surface area (Å²) in [5.41, 5.74) is 6.11. The molecule has 3 heterocycles. The van der Waals surface area contributed by atoms with E-state index in [1.807, 2.05) is 32.2 Å². The Hall–Kier alpha value is -3.19. The van der Waals surface area contributed by atoms with Crippen LogP contribution in [0.5, 0.6) is 0 Å². The number of hydrogen-bond donors (Lipinski definition) is 3. The minimum Gasteiger partial charge on any atom is -0.348 e. The molecule has 0 bridgehead atoms. The van der Waals surface area contributed by atoms with Crippen LogP contribution in [0, 0.1) is 13.8 Å². The number of rotatable bonds is 5. The number of benzene rings is 1. The lowest BCUT2D eigenvalue weighted by molar-refractivity contribution is 0.0952. The molecular weight excluding hydrogens is 414 g/mol. The second-order valence-electron chi connectivity index (χ2n) is 9.29. The summed E-state index contributed by atoms with van der Waals surface area (Å²) in [6, 6.07) is 6.51. The van der Waals surface area contributed by atoms with Gasteiger partial charge in [-0.05, 0) is 74.6 Å². The zero-order valence-electron chi connectivity index (χ0n) is 19.3. The van der Waals surface area contributed by atoms with Gasteiger partial charge < -0.3 is 15.6 Å². The smallest absolute Gasteiger partial charge is 0.253 e. The molecule has 1 aliphatic carbocycles. The number of H-pyrrole nitrogens is 1. The van der Waals surface area contributed by atoms with Crippen molar-refractivity contribution < 1.29 is 4.79 Å². The van der Waals surface area contributed by atoms with Crippen LogP contribution in [0.25, 0.3) is 16.5 Å². The Balaban J connectivity index is 1.52. The lowest BCUT2D eigenvalue weighted by atomic mass is 9.96. The molecule has 0 saturated heterocycles. The summed E-state index contributed by atoms with van der Waals surface area (Å²) in [6.45, 7) is 5.72. The first kappa shape index (κ1) is 21.6. The fourth-order valence-electron chi connectivity index (χ4n) is 5.21. The van der Waals surface area contributed by atoms with E-state index in [0.29, 0.717) is 17.2 Å². The van der Waals surface area contributed by atoms with Crippen LogP contribution in [0.15, 0.2) is 35.3 Å². The van der Waals surface area contributed by atoms with Crippen LogP contribution >= 0.6 is 0 Å². The second kappa shape index (κ2) is 8.98. The van der Waals surface area contributed by atoms with Crippen molar-refractivity contribution in [1.29, 1.82) is 0 Å². The van der Waals surface area contributed by atoms with Gasteiger partial charge in [-0.2, -0.15) is 5.10 Å². The number of nitrogens with one attached hydrogen (secondary N) is 3. The molecule has 1 fully saturated rings. The fourth-order valence-corrected chi connectivity index (χ4v) is 5.21. The zero-order valence-corrected chi connectivity index (χ0v) is 19.3. The highest BCUT2D eigenvalue weighted by molar-refractivity contribution is 6.07. The summed E-state index contributed by atoms with van der Waals surface area (Å²) in [5.74, 6) is -0.179. The number of nitrogens with zero attached hydrogens (tertiary/aromatic N) is 2. The van der Waals surface area contributed by atoms with Crippen LogP contribution in [0.4, 0.5) is 0 Å². The molecule has 1 aliphatic heterocycles. The third-order valence-electron chi connectivity index (χ3n) is 6.99. The van der Waals surface area contributed by atoms with Gasteiger partial charge in [0, 0.05) is 29.7 Å². The summed E-state index contributed by atoms with van der Waals surface area (Å²) >= 11 is 0. The minimum atomic E-state index is -0.179. The normalized spacial score (nSPS) is 16.8. The maximum Gasteiger partial charge on any atom is 0.253 e. The Morgan fingerprint density at radius 1 is 1.21 bits per heavy atom. The summed E-state index contributed by atoms with van der Waals surface area (Å²) in [7, 11) is 0. The molecule has 7 heteroatoms. The van der Waals surface area contributed by atoms with E-state index in [4.69, 9.17) is 5.10 Å². The number of carbonyl (C=O) groups is 1. The van der Waals surface area contributed by atoms with E-state index in [0.717, 1.165) is 60.1 Å². The Bertz CT molecular complexity index is 1290. The third kappa shape index (κ3) is 4.25. The maximum atomic E-state index is 13.4. The quantitative estimate of drug-likeness (QED) is 0.558. The Morgan fingerprint density at radius 3 is 2.76 bits per heavy atom. The van der Waals surface area contributed by atoms with Crippen molar-refractivity contribution in [3.05, 3.63) is 68.8 Å². The monoisotopic (exact) mass is 445 g/mol. The third-order valence-corrected chi connectivity index (χ3v) is 6.99. The van der Waals surface area contributed by atoms with E-state index < -0.39 is 0 Å². The SMILES string of the molecule is Cc1cc(C)c(CNC(=O)c2cc(C3=CCNCC3)cc3c2cnn3C2CCCC2)c(=O)[nH]1. The number of aromatic amines is 1. The van der Waals surface area contributed by atoms with E-state index in [-0.39, 0.29) is 18.0 Å². The van der Waals surface area contributed by atoms with Crippen LogP contribution in [-0.4, -0.2) is 33.8 Å². The summed E-state index contributed by atoms with van der Waals surface area (Å²) in [5, 5.41) is 11.9. The predicted octanol–water partition coefficient (Wildman–Crippen LogP) is 3.76. The Kier molecular flexibility index (Phi) is 5.89. The average Bonchev–Trinajstić information content (AvgIpc) is 3.48. The average molecular weight is 446 g/mol. The highest BCUT2D eigenvalue weighted by Gasteiger charge is 2.23. The van der Waals surface area contributed by atoms with Crippen molar-refractivity contribution in [2.24, 2.45) is 0 Å². The van der Waals surface area contributed by atoms with Gasteiger partial charge in [0.25, 0.3) is 11.5 Å². The predicted molar refractivity (Wildman–Crippen MR) is 130 cm³/mol. The molecule has 2 aliphatic rings. The first-order valence-corrected chi connectivity index (χ1v) is 11.9. The highest BCUT2D eigenvalue weighted by atomic mass is 16.1. The van der Waals surface area contributed by atoms with Crippen molar-refractivity contribution >= 4 is 22.4 Å². The number of amides is 1. The Labute approximate surface area is 193 Å². The number of fused-ring (bicyclic) bond motifs is 1. The van der Waals surface area contributed by atoms with E-state index in [9.17, 15) is 9.59 Å². The number of carbonyl (C=O) groups excluding carboxylic acids is 1. The largest absolute Gasteiger partial charge is 0.348 e. The summed E-state index contributed by atoms with van der Waals surface area (Å²) in [6.07, 6.45) is 9.67. The first-order valence-electron chi connectivity index (χ1n) is 11.9. The minimum absolute atomic E-state index is 0.152. The fraction of sp³-hybridized carbons (Fsp3) is 0.423. The van der Waals surface area contributed by atoms with Crippen LogP contribution in [-0.2, 0) is 6.54 Å². The number of hydrogen-bond acceptors (Lipinski definition) is 4. The van der Waals surface area contributed by atoms with Crippen molar-refractivity contribution in [3.8, 4) is 0 Å². The molecule has 3 aromatic rings. The molecule has 1 amide bonds. The second-order valence-corrected chi connectivity index (χ2v) is 9.29. The van der Waals surface area contributed by atoms with Crippen LogP contribution < -0.4 is 16.2 Å². The van der Waals surface area contributed by atoms with Gasteiger partial charge in [0.1, 0.15) is 0 Å². The van der Waals surface area contributed by atoms with Crippen molar-refractivity contribution in [2.75, 3.05) is 13.1 Å². The van der Waals surface area contributed by atoms with E-state index in [1.54, 1.807) is 0 Å². The lowest BCUT2D eigenvalue weighted by Crippen LogP contribution is -2.28. The van der Waals surface area contributed by atoms with Crippen LogP contribution in [0.2, 0.25) is 0 Å². The molecule has 1 saturated carbocycles. The molecule has 0 radical (unpaired) electrons. The molecule has 0 unspecified atom stereocenters. The molecule has 33 heavy (non-hydrogen) atoms. The summed E-state index contributed by atoms with van der Waals surface area (Å²) < 4.78 is 2.12. The number of aryl methyl sites for hydroxylation is 2. The molecule has 7 nitrogen and oxygen atoms in total. The van der Waals surface area contributed by atoms with Crippen LogP contribution in [0.3, 0.4) is 0 Å². The van der Waals surface area contributed by atoms with Gasteiger partial charge in [-0.3, -0.25) is 14.3 Å². The van der Waals surface area contributed by atoms with E-state index in [1.165, 1.54) is 18.4 Å². The molecule has 0 spiro atoms. The molecule has 0 atom stereocenters. The van der Waals surface area contributed by atoms with Gasteiger partial charge in [0.15, 0.2) is 0 Å². The summed E-state index contributed by atoms with van der Waals surface area (Å²) in [4.78, 5) is 28.6. The van der Waals surface area contributed by atoms with Gasteiger partial charge in [0.05, 0.1) is 23.3 Å². The Morgan fingerprint density at radius 2 is 2.03 bits per heavy atom. The molecule has 2 aromatic heterocycles. The van der Waals surface area contributed by atoms with Crippen molar-refractivity contribution in [1.82, 2.24) is 25.4 Å². The molecule has 1 aromatic carbocycles. The highest BCUT2D eigenvalue weighted by Crippen LogP contribution is 2.34. The van der Waals surface area contributed by atoms with Gasteiger partial charge in [-0.25, -0.2) is 0 Å². The maximum absolute atomic E-state index is 13.4. The zero-order chi connectivity index (χ0) is 22.9. The van der Waals surface area contributed by atoms with E-state index >= 15 is 0 Å². The topological polar surface area (TPSA) is 91.8 Å². The molecule has 3 N–H and O–H groups in total. The molecular formula is C26H31N5O2. The number of pyridine rings is 1. The molecule has 172 valence electrons. The lowest BCUT2D eigenvalue weighted by Gasteiger charge is -2.17. The standard InChI is InChI=1S/C26H31N5O2/c1-16-11-17(2)30-26(33)22(16)14-28-25(32)21-12-19(18-7-9-27-10-8-18)13-24-23(21)15-29-31(24)20-5-3-4-6-20/h7,11-13,15,20,27H,3-6,8-10,14H2,1-2H3,(H,28,32)(H,30,33). The van der Waals surface area contributed by atoms with Gasteiger partial charge in [-0.15, -0.1) is 0 Å². The number of aromatic nitrogens is 3. The van der Waals surface area contributed by atoms with E-state index in [2.05, 4.69) is 32.4 Å². The van der Waals surface area contributed by atoms with Gasteiger partial charge >= 0.3 is 0 Å².